The largest absolute Gasteiger partial charge is 0.342 e. The summed E-state index contributed by atoms with van der Waals surface area (Å²) in [4.78, 5) is 37.7. The maximum Gasteiger partial charge on any atom is 0.251 e. The smallest absolute Gasteiger partial charge is 0.251 e. The first-order valence-electron chi connectivity index (χ1n) is 9.08. The lowest BCUT2D eigenvalue weighted by Gasteiger charge is -2.33. The first kappa shape index (κ1) is 18.3. The van der Waals surface area contributed by atoms with Crippen LogP contribution in [0, 0.1) is 26.7 Å². The number of hydrogen-bond acceptors (Lipinski definition) is 5. The minimum atomic E-state index is -0.147. The molecule has 1 aliphatic rings. The van der Waals surface area contributed by atoms with Crippen LogP contribution in [-0.4, -0.2) is 48.6 Å². The monoisotopic (exact) mass is 358 g/mol. The molecule has 1 atom stereocenters. The van der Waals surface area contributed by atoms with E-state index < -0.39 is 0 Å². The Bertz CT molecular complexity index is 848. The number of piperidine rings is 1. The van der Waals surface area contributed by atoms with Crippen molar-refractivity contribution in [1.82, 2.24) is 29.6 Å². The second-order valence-electron chi connectivity index (χ2n) is 7.14. The summed E-state index contributed by atoms with van der Waals surface area (Å²) in [6.45, 7) is 9.41. The zero-order chi connectivity index (χ0) is 18.8. The fraction of sp³-hybridized carbons (Fsp3) is 0.611. The van der Waals surface area contributed by atoms with E-state index in [1.54, 1.807) is 17.7 Å². The molecule has 2 aromatic heterocycles. The number of hydrogen-bond donors (Lipinski definition) is 1. The fourth-order valence-corrected chi connectivity index (χ4v) is 3.59. The number of nitrogens with one attached hydrogen (secondary N) is 1. The van der Waals surface area contributed by atoms with Gasteiger partial charge in [-0.2, -0.15) is 5.10 Å². The maximum atomic E-state index is 12.8. The number of H-pyrrole nitrogens is 1. The molecule has 1 aliphatic heterocycles. The second kappa shape index (κ2) is 7.39. The molecule has 1 fully saturated rings. The van der Waals surface area contributed by atoms with Gasteiger partial charge in [0, 0.05) is 25.1 Å². The first-order valence-corrected chi connectivity index (χ1v) is 9.08. The molecule has 26 heavy (non-hydrogen) atoms. The Morgan fingerprint density at radius 1 is 1.27 bits per heavy atom. The third kappa shape index (κ3) is 4.00. The Kier molecular flexibility index (Phi) is 5.20. The number of rotatable bonds is 4. The van der Waals surface area contributed by atoms with Crippen LogP contribution in [0.4, 0.5) is 0 Å². The number of likely N-dealkylation sites (tertiary alicyclic amines) is 1. The highest BCUT2D eigenvalue weighted by molar-refractivity contribution is 5.78. The molecule has 140 valence electrons. The van der Waals surface area contributed by atoms with Gasteiger partial charge in [-0.05, 0) is 33.6 Å². The summed E-state index contributed by atoms with van der Waals surface area (Å²) < 4.78 is 1.80. The normalized spacial score (nSPS) is 16.7. The summed E-state index contributed by atoms with van der Waals surface area (Å²) in [5.74, 6) is 2.42. The van der Waals surface area contributed by atoms with Crippen LogP contribution in [0.25, 0.3) is 0 Å². The molecular formula is C18H26N6O2. The lowest BCUT2D eigenvalue weighted by Crippen LogP contribution is -2.42. The van der Waals surface area contributed by atoms with Gasteiger partial charge in [0.25, 0.3) is 5.56 Å². The molecule has 3 heterocycles. The van der Waals surface area contributed by atoms with Crippen LogP contribution in [-0.2, 0) is 11.3 Å². The summed E-state index contributed by atoms with van der Waals surface area (Å²) in [5, 5.41) is 4.34. The maximum absolute atomic E-state index is 12.8. The molecule has 0 aromatic carbocycles. The molecule has 0 bridgehead atoms. The molecule has 0 radical (unpaired) electrons. The first-order chi connectivity index (χ1) is 12.3. The summed E-state index contributed by atoms with van der Waals surface area (Å²) in [6.07, 6.45) is 1.66. The van der Waals surface area contributed by atoms with Gasteiger partial charge in [0.15, 0.2) is 0 Å². The van der Waals surface area contributed by atoms with E-state index in [4.69, 9.17) is 0 Å². The molecule has 0 unspecified atom stereocenters. The van der Waals surface area contributed by atoms with Gasteiger partial charge in [-0.25, -0.2) is 14.6 Å². The van der Waals surface area contributed by atoms with E-state index in [1.165, 1.54) is 0 Å². The molecule has 0 spiro atoms. The quantitative estimate of drug-likeness (QED) is 0.889. The molecule has 8 heteroatoms. The highest BCUT2D eigenvalue weighted by atomic mass is 16.2. The predicted molar refractivity (Wildman–Crippen MR) is 96.8 cm³/mol. The third-order valence-electron chi connectivity index (χ3n) is 4.94. The molecule has 0 saturated carbocycles. The van der Waals surface area contributed by atoms with E-state index >= 15 is 0 Å². The second-order valence-corrected chi connectivity index (χ2v) is 7.14. The molecule has 1 N–H and O–H groups in total. The van der Waals surface area contributed by atoms with Gasteiger partial charge in [0.05, 0.1) is 18.2 Å². The summed E-state index contributed by atoms with van der Waals surface area (Å²) >= 11 is 0. The van der Waals surface area contributed by atoms with E-state index in [2.05, 4.69) is 20.1 Å². The van der Waals surface area contributed by atoms with E-state index in [1.807, 2.05) is 25.7 Å². The Morgan fingerprint density at radius 2 is 1.96 bits per heavy atom. The molecule has 8 nitrogen and oxygen atoms in total. The van der Waals surface area contributed by atoms with Crippen molar-refractivity contribution in [3.63, 3.8) is 0 Å². The van der Waals surface area contributed by atoms with Crippen molar-refractivity contribution in [3.05, 3.63) is 39.6 Å². The highest BCUT2D eigenvalue weighted by Gasteiger charge is 2.28. The number of amides is 1. The zero-order valence-electron chi connectivity index (χ0n) is 15.8. The number of carbonyl (C=O) groups excluding carboxylic acids is 1. The van der Waals surface area contributed by atoms with Gasteiger partial charge in [0.1, 0.15) is 17.5 Å². The average molecular weight is 358 g/mol. The van der Waals surface area contributed by atoms with Crippen LogP contribution in [0.3, 0.4) is 0 Å². The molecule has 2 aromatic rings. The molecule has 1 amide bonds. The van der Waals surface area contributed by atoms with Crippen LogP contribution >= 0.6 is 0 Å². The topological polar surface area (TPSA) is 96.8 Å². The standard InChI is InChI=1S/C18H26N6O2/c1-11(10-24-14(4)19-13(3)22-24)18(26)23-7-5-15(6-8-23)16-9-17(25)21-12(2)20-16/h9,11,15H,5-8,10H2,1-4H3,(H,20,21,25)/t11-/m0/s1. The van der Waals surface area contributed by atoms with Crippen molar-refractivity contribution in [2.24, 2.45) is 5.92 Å². The SMILES string of the molecule is Cc1nc(C)n(C[C@H](C)C(=O)N2CCC(c3cc(=O)[nH]c(C)n3)CC2)n1. The zero-order valence-corrected chi connectivity index (χ0v) is 15.8. The molecule has 0 aliphatic carbocycles. The van der Waals surface area contributed by atoms with E-state index in [-0.39, 0.29) is 23.3 Å². The average Bonchev–Trinajstić information content (AvgIpc) is 2.90. The van der Waals surface area contributed by atoms with Crippen LogP contribution in [0.5, 0.6) is 0 Å². The number of carbonyl (C=O) groups is 1. The predicted octanol–water partition coefficient (Wildman–Crippen LogP) is 1.33. The van der Waals surface area contributed by atoms with E-state index in [0.29, 0.717) is 25.5 Å². The Balaban J connectivity index is 1.59. The van der Waals surface area contributed by atoms with Crippen molar-refractivity contribution < 1.29 is 4.79 Å². The Morgan fingerprint density at radius 3 is 2.54 bits per heavy atom. The number of nitrogens with zero attached hydrogens (tertiary/aromatic N) is 5. The number of aromatic nitrogens is 5. The van der Waals surface area contributed by atoms with Crippen LogP contribution in [0.1, 0.15) is 48.9 Å². The minimum Gasteiger partial charge on any atom is -0.342 e. The molecule has 3 rings (SSSR count). The third-order valence-corrected chi connectivity index (χ3v) is 4.94. The van der Waals surface area contributed by atoms with Gasteiger partial charge in [-0.1, -0.05) is 6.92 Å². The van der Waals surface area contributed by atoms with Crippen molar-refractivity contribution in [2.45, 2.75) is 53.0 Å². The van der Waals surface area contributed by atoms with Crippen molar-refractivity contribution in [1.29, 1.82) is 0 Å². The highest BCUT2D eigenvalue weighted by Crippen LogP contribution is 2.26. The van der Waals surface area contributed by atoms with Gasteiger partial charge >= 0.3 is 0 Å². The van der Waals surface area contributed by atoms with Gasteiger partial charge < -0.3 is 9.88 Å². The van der Waals surface area contributed by atoms with Gasteiger partial charge in [0.2, 0.25) is 5.91 Å². The van der Waals surface area contributed by atoms with Gasteiger partial charge in [-0.3, -0.25) is 9.59 Å². The summed E-state index contributed by atoms with van der Waals surface area (Å²) in [5.41, 5.74) is 0.721. The van der Waals surface area contributed by atoms with E-state index in [9.17, 15) is 9.59 Å². The number of aryl methyl sites for hydroxylation is 3. The van der Waals surface area contributed by atoms with Gasteiger partial charge in [-0.15, -0.1) is 0 Å². The number of aromatic amines is 1. The lowest BCUT2D eigenvalue weighted by molar-refractivity contribution is -0.136. The summed E-state index contributed by atoms with van der Waals surface area (Å²) in [7, 11) is 0. The summed E-state index contributed by atoms with van der Waals surface area (Å²) in [6, 6.07) is 1.58. The molecule has 1 saturated heterocycles. The van der Waals surface area contributed by atoms with Crippen LogP contribution in [0.2, 0.25) is 0 Å². The van der Waals surface area contributed by atoms with Crippen molar-refractivity contribution in [2.75, 3.05) is 13.1 Å². The Hall–Kier alpha value is -2.51. The Labute approximate surface area is 152 Å². The van der Waals surface area contributed by atoms with E-state index in [0.717, 1.165) is 30.2 Å². The minimum absolute atomic E-state index is 0.113. The van der Waals surface area contributed by atoms with Crippen LogP contribution < -0.4 is 5.56 Å². The van der Waals surface area contributed by atoms with Crippen molar-refractivity contribution >= 4 is 5.91 Å². The lowest BCUT2D eigenvalue weighted by atomic mass is 9.92. The fourth-order valence-electron chi connectivity index (χ4n) is 3.59. The van der Waals surface area contributed by atoms with Crippen molar-refractivity contribution in [3.8, 4) is 0 Å². The van der Waals surface area contributed by atoms with Crippen LogP contribution in [0.15, 0.2) is 10.9 Å². The molecular weight excluding hydrogens is 332 g/mol.